The van der Waals surface area contributed by atoms with E-state index in [0.29, 0.717) is 11.0 Å². The number of anilines is 1. The molecule has 2 rings (SSSR count). The minimum Gasteiger partial charge on any atom is -0.369 e. The van der Waals surface area contributed by atoms with Crippen LogP contribution in [0.5, 0.6) is 0 Å². The van der Waals surface area contributed by atoms with Gasteiger partial charge in [-0.1, -0.05) is 31.5 Å². The fourth-order valence-electron chi connectivity index (χ4n) is 2.36. The number of nitrogens with zero attached hydrogens (tertiary/aromatic N) is 3. The first-order valence-electron chi connectivity index (χ1n) is 6.80. The summed E-state index contributed by atoms with van der Waals surface area (Å²) in [5.74, 6) is 0.544. The second kappa shape index (κ2) is 6.26. The Labute approximate surface area is 119 Å². The Morgan fingerprint density at radius 2 is 2.05 bits per heavy atom. The van der Waals surface area contributed by atoms with Crippen LogP contribution in [0.4, 0.5) is 5.95 Å². The maximum atomic E-state index is 6.13. The number of imidazole rings is 1. The van der Waals surface area contributed by atoms with Crippen molar-refractivity contribution in [2.45, 2.75) is 26.8 Å². The minimum absolute atomic E-state index is 0.544. The molecular weight excluding hydrogens is 260 g/mol. The molecule has 0 fully saturated rings. The van der Waals surface area contributed by atoms with Gasteiger partial charge in [-0.15, -0.1) is 0 Å². The highest BCUT2D eigenvalue weighted by Crippen LogP contribution is 2.25. The molecule has 5 heteroatoms. The molecule has 1 heterocycles. The Morgan fingerprint density at radius 3 is 2.74 bits per heavy atom. The standard InChI is InChI=1S/C14H21ClN4/c1-3-18(4-2)9-6-10-19-12-8-5-7-11(15)13(12)17-14(19)16/h5,7-8H,3-4,6,9-10H2,1-2H3,(H2,16,17). The first kappa shape index (κ1) is 14.2. The lowest BCUT2D eigenvalue weighted by Crippen LogP contribution is -2.25. The molecule has 0 atom stereocenters. The van der Waals surface area contributed by atoms with Crippen molar-refractivity contribution < 1.29 is 0 Å². The van der Waals surface area contributed by atoms with Crippen LogP contribution in [0.15, 0.2) is 18.2 Å². The fraction of sp³-hybridized carbons (Fsp3) is 0.500. The van der Waals surface area contributed by atoms with Crippen LogP contribution in [0, 0.1) is 0 Å². The number of para-hydroxylation sites is 1. The molecule has 1 aromatic heterocycles. The fourth-order valence-corrected chi connectivity index (χ4v) is 2.57. The zero-order valence-electron chi connectivity index (χ0n) is 11.6. The summed E-state index contributed by atoms with van der Waals surface area (Å²) in [4.78, 5) is 6.75. The molecule has 0 bridgehead atoms. The van der Waals surface area contributed by atoms with Crippen molar-refractivity contribution >= 4 is 28.6 Å². The number of nitrogen functional groups attached to an aromatic ring is 1. The molecule has 0 unspecified atom stereocenters. The first-order chi connectivity index (χ1) is 9.17. The van der Waals surface area contributed by atoms with Crippen LogP contribution in [-0.2, 0) is 6.54 Å². The van der Waals surface area contributed by atoms with E-state index >= 15 is 0 Å². The van der Waals surface area contributed by atoms with Crippen molar-refractivity contribution in [3.05, 3.63) is 23.2 Å². The third kappa shape index (κ3) is 3.01. The van der Waals surface area contributed by atoms with Gasteiger partial charge in [0.15, 0.2) is 0 Å². The van der Waals surface area contributed by atoms with Gasteiger partial charge < -0.3 is 15.2 Å². The van der Waals surface area contributed by atoms with Gasteiger partial charge in [0.25, 0.3) is 0 Å². The highest BCUT2D eigenvalue weighted by molar-refractivity contribution is 6.35. The molecule has 4 nitrogen and oxygen atoms in total. The summed E-state index contributed by atoms with van der Waals surface area (Å²) in [6, 6.07) is 5.80. The molecule has 2 aromatic rings. The van der Waals surface area contributed by atoms with Crippen molar-refractivity contribution in [2.75, 3.05) is 25.4 Å². The van der Waals surface area contributed by atoms with Crippen molar-refractivity contribution in [1.82, 2.24) is 14.5 Å². The second-order valence-electron chi connectivity index (χ2n) is 4.61. The van der Waals surface area contributed by atoms with Crippen molar-refractivity contribution in [3.8, 4) is 0 Å². The van der Waals surface area contributed by atoms with E-state index < -0.39 is 0 Å². The van der Waals surface area contributed by atoms with Gasteiger partial charge in [0.2, 0.25) is 5.95 Å². The summed E-state index contributed by atoms with van der Waals surface area (Å²) in [5, 5.41) is 0.659. The number of aryl methyl sites for hydroxylation is 1. The number of hydrogen-bond donors (Lipinski definition) is 1. The number of benzene rings is 1. The van der Waals surface area contributed by atoms with Gasteiger partial charge in [0.1, 0.15) is 5.52 Å². The molecule has 104 valence electrons. The number of rotatable bonds is 6. The molecule has 0 spiro atoms. The van der Waals surface area contributed by atoms with E-state index in [1.165, 1.54) is 0 Å². The van der Waals surface area contributed by atoms with E-state index in [4.69, 9.17) is 17.3 Å². The predicted molar refractivity (Wildman–Crippen MR) is 81.6 cm³/mol. The van der Waals surface area contributed by atoms with E-state index in [-0.39, 0.29) is 0 Å². The number of halogens is 1. The summed E-state index contributed by atoms with van der Waals surface area (Å²) < 4.78 is 2.05. The Morgan fingerprint density at radius 1 is 1.32 bits per heavy atom. The van der Waals surface area contributed by atoms with E-state index in [1.807, 2.05) is 22.8 Å². The summed E-state index contributed by atoms with van der Waals surface area (Å²) in [6.45, 7) is 8.49. The molecule has 0 amide bonds. The first-order valence-corrected chi connectivity index (χ1v) is 7.17. The van der Waals surface area contributed by atoms with Crippen LogP contribution < -0.4 is 5.73 Å². The lowest BCUT2D eigenvalue weighted by Gasteiger charge is -2.18. The molecule has 0 aliphatic carbocycles. The van der Waals surface area contributed by atoms with Gasteiger partial charge in [-0.3, -0.25) is 0 Å². The lowest BCUT2D eigenvalue weighted by atomic mass is 10.3. The van der Waals surface area contributed by atoms with E-state index in [1.54, 1.807) is 0 Å². The average molecular weight is 281 g/mol. The largest absolute Gasteiger partial charge is 0.369 e. The van der Waals surface area contributed by atoms with Crippen LogP contribution in [0.1, 0.15) is 20.3 Å². The normalized spacial score (nSPS) is 11.6. The van der Waals surface area contributed by atoms with E-state index in [2.05, 4.69) is 23.7 Å². The average Bonchev–Trinajstić information content (AvgIpc) is 2.73. The third-order valence-corrected chi connectivity index (χ3v) is 3.81. The molecular formula is C14H21ClN4. The summed E-state index contributed by atoms with van der Waals surface area (Å²) in [6.07, 6.45) is 1.06. The zero-order valence-corrected chi connectivity index (χ0v) is 12.3. The molecule has 1 aromatic carbocycles. The number of aromatic nitrogens is 2. The van der Waals surface area contributed by atoms with E-state index in [9.17, 15) is 0 Å². The molecule has 19 heavy (non-hydrogen) atoms. The Balaban J connectivity index is 2.12. The van der Waals surface area contributed by atoms with Gasteiger partial charge in [-0.05, 0) is 38.2 Å². The van der Waals surface area contributed by atoms with E-state index in [0.717, 1.165) is 43.6 Å². The van der Waals surface area contributed by atoms with Gasteiger partial charge in [-0.25, -0.2) is 4.98 Å². The predicted octanol–water partition coefficient (Wildman–Crippen LogP) is 3.00. The molecule has 2 N–H and O–H groups in total. The number of nitrogens with two attached hydrogens (primary N) is 1. The van der Waals surface area contributed by atoms with Crippen LogP contribution in [0.25, 0.3) is 11.0 Å². The van der Waals surface area contributed by atoms with Crippen molar-refractivity contribution in [2.24, 2.45) is 0 Å². The SMILES string of the molecule is CCN(CC)CCCn1c(N)nc2c(Cl)cccc21. The molecule has 0 aliphatic heterocycles. The van der Waals surface area contributed by atoms with Gasteiger partial charge in [-0.2, -0.15) is 0 Å². The van der Waals surface area contributed by atoms with Gasteiger partial charge in [0.05, 0.1) is 10.5 Å². The lowest BCUT2D eigenvalue weighted by molar-refractivity contribution is 0.294. The summed E-state index contributed by atoms with van der Waals surface area (Å²) in [7, 11) is 0. The number of fused-ring (bicyclic) bond motifs is 1. The van der Waals surface area contributed by atoms with Crippen molar-refractivity contribution in [1.29, 1.82) is 0 Å². The second-order valence-corrected chi connectivity index (χ2v) is 5.02. The smallest absolute Gasteiger partial charge is 0.201 e. The zero-order chi connectivity index (χ0) is 13.8. The third-order valence-electron chi connectivity index (χ3n) is 3.51. The maximum absolute atomic E-state index is 6.13. The van der Waals surface area contributed by atoms with Crippen molar-refractivity contribution in [3.63, 3.8) is 0 Å². The Kier molecular flexibility index (Phi) is 4.66. The van der Waals surface area contributed by atoms with Crippen LogP contribution in [0.2, 0.25) is 5.02 Å². The van der Waals surface area contributed by atoms with Gasteiger partial charge >= 0.3 is 0 Å². The Hall–Kier alpha value is -1.26. The summed E-state index contributed by atoms with van der Waals surface area (Å²) in [5.41, 5.74) is 7.80. The van der Waals surface area contributed by atoms with Crippen LogP contribution in [0.3, 0.4) is 0 Å². The number of hydrogen-bond acceptors (Lipinski definition) is 3. The molecule has 0 saturated carbocycles. The topological polar surface area (TPSA) is 47.1 Å². The van der Waals surface area contributed by atoms with Gasteiger partial charge in [0, 0.05) is 6.54 Å². The highest BCUT2D eigenvalue weighted by atomic mass is 35.5. The summed E-state index contributed by atoms with van der Waals surface area (Å²) >= 11 is 6.13. The monoisotopic (exact) mass is 280 g/mol. The molecule has 0 aliphatic rings. The highest BCUT2D eigenvalue weighted by Gasteiger charge is 2.10. The molecule has 0 saturated heterocycles. The molecule has 0 radical (unpaired) electrons. The minimum atomic E-state index is 0.544. The quantitative estimate of drug-likeness (QED) is 0.885. The van der Waals surface area contributed by atoms with Crippen LogP contribution in [-0.4, -0.2) is 34.1 Å². The maximum Gasteiger partial charge on any atom is 0.201 e. The van der Waals surface area contributed by atoms with Crippen LogP contribution >= 0.6 is 11.6 Å². The Bertz CT molecular complexity index is 546.